The van der Waals surface area contributed by atoms with E-state index in [9.17, 15) is 4.79 Å². The minimum absolute atomic E-state index is 0.164. The minimum Gasteiger partial charge on any atom is -0.374 e. The highest BCUT2D eigenvalue weighted by atomic mass is 32.2. The number of hydrogen-bond donors (Lipinski definition) is 0. The zero-order valence-electron chi connectivity index (χ0n) is 11.9. The van der Waals surface area contributed by atoms with Gasteiger partial charge in [-0.3, -0.25) is 9.69 Å². The van der Waals surface area contributed by atoms with Gasteiger partial charge >= 0.3 is 0 Å². The van der Waals surface area contributed by atoms with Crippen LogP contribution in [0.2, 0.25) is 0 Å². The zero-order valence-corrected chi connectivity index (χ0v) is 12.7. The molecule has 3 atom stereocenters. The van der Waals surface area contributed by atoms with Gasteiger partial charge in [0.15, 0.2) is 0 Å². The quantitative estimate of drug-likeness (QED) is 0.796. The zero-order chi connectivity index (χ0) is 13.3. The molecule has 108 valence electrons. The molecule has 3 aliphatic rings. The van der Waals surface area contributed by atoms with Crippen molar-refractivity contribution in [3.8, 4) is 0 Å². The van der Waals surface area contributed by atoms with E-state index in [1.165, 1.54) is 43.7 Å². The van der Waals surface area contributed by atoms with Gasteiger partial charge < -0.3 is 4.74 Å². The second-order valence-electron chi connectivity index (χ2n) is 6.42. The Bertz CT molecular complexity index is 341. The first-order valence-corrected chi connectivity index (χ1v) is 8.81. The average Bonchev–Trinajstić information content (AvgIpc) is 2.99. The number of carbonyl (C=O) groups excluding carboxylic acids is 1. The van der Waals surface area contributed by atoms with E-state index in [0.717, 1.165) is 19.4 Å². The van der Waals surface area contributed by atoms with Crippen molar-refractivity contribution in [3.63, 3.8) is 0 Å². The van der Waals surface area contributed by atoms with Crippen LogP contribution in [-0.2, 0) is 9.53 Å². The normalized spacial score (nSPS) is 40.1. The van der Waals surface area contributed by atoms with Gasteiger partial charge in [0.1, 0.15) is 5.78 Å². The van der Waals surface area contributed by atoms with E-state index in [0.29, 0.717) is 17.9 Å². The van der Waals surface area contributed by atoms with Crippen LogP contribution in [0.3, 0.4) is 0 Å². The van der Waals surface area contributed by atoms with E-state index in [1.807, 2.05) is 11.8 Å². The number of nitrogens with zero attached hydrogens (tertiary/aromatic N) is 1. The number of thioether (sulfide) groups is 1. The fraction of sp³-hybridized carbons (Fsp3) is 0.933. The van der Waals surface area contributed by atoms with Crippen molar-refractivity contribution >= 4 is 17.5 Å². The van der Waals surface area contributed by atoms with Gasteiger partial charge in [0.2, 0.25) is 0 Å². The van der Waals surface area contributed by atoms with Crippen molar-refractivity contribution in [1.29, 1.82) is 0 Å². The molecule has 3 heterocycles. The van der Waals surface area contributed by atoms with Crippen molar-refractivity contribution < 1.29 is 9.53 Å². The molecule has 4 heteroatoms. The van der Waals surface area contributed by atoms with Crippen molar-refractivity contribution in [2.24, 2.45) is 0 Å². The summed E-state index contributed by atoms with van der Waals surface area (Å²) in [6, 6.07) is 1.16. The summed E-state index contributed by atoms with van der Waals surface area (Å²) in [6.07, 6.45) is 6.78. The summed E-state index contributed by atoms with van der Waals surface area (Å²) in [4.78, 5) is 14.1. The van der Waals surface area contributed by atoms with Gasteiger partial charge in [0, 0.05) is 30.9 Å². The molecule has 3 fully saturated rings. The minimum atomic E-state index is 0.164. The fourth-order valence-electron chi connectivity index (χ4n) is 4.04. The molecule has 3 unspecified atom stereocenters. The van der Waals surface area contributed by atoms with E-state index < -0.39 is 0 Å². The first-order chi connectivity index (χ1) is 9.19. The number of ether oxygens (including phenoxy) is 1. The third-order valence-electron chi connectivity index (χ3n) is 4.95. The van der Waals surface area contributed by atoms with Gasteiger partial charge in [-0.2, -0.15) is 11.8 Å². The summed E-state index contributed by atoms with van der Waals surface area (Å²) in [5.74, 6) is 2.77. The van der Waals surface area contributed by atoms with Crippen LogP contribution < -0.4 is 0 Å². The first-order valence-electron chi connectivity index (χ1n) is 7.65. The molecule has 1 spiro atoms. The van der Waals surface area contributed by atoms with Crippen LogP contribution in [0.1, 0.15) is 45.4 Å². The second kappa shape index (κ2) is 5.74. The maximum atomic E-state index is 11.4. The fourth-order valence-corrected chi connectivity index (χ4v) is 5.42. The Balaban J connectivity index is 1.65. The van der Waals surface area contributed by atoms with Gasteiger partial charge in [0.05, 0.1) is 5.60 Å². The van der Waals surface area contributed by atoms with Crippen molar-refractivity contribution in [1.82, 2.24) is 4.90 Å². The third-order valence-corrected chi connectivity index (χ3v) is 6.17. The third kappa shape index (κ3) is 3.01. The molecule has 0 aliphatic carbocycles. The molecule has 19 heavy (non-hydrogen) atoms. The number of rotatable bonds is 3. The lowest BCUT2D eigenvalue weighted by molar-refractivity contribution is -0.119. The van der Waals surface area contributed by atoms with E-state index in [1.54, 1.807) is 6.92 Å². The Labute approximate surface area is 120 Å². The molecular weight excluding hydrogens is 258 g/mol. The van der Waals surface area contributed by atoms with Crippen LogP contribution in [0.15, 0.2) is 0 Å². The van der Waals surface area contributed by atoms with E-state index in [-0.39, 0.29) is 5.60 Å². The van der Waals surface area contributed by atoms with Crippen LogP contribution in [0.5, 0.6) is 0 Å². The molecule has 0 bridgehead atoms. The predicted molar refractivity (Wildman–Crippen MR) is 78.7 cm³/mol. The highest BCUT2D eigenvalue weighted by molar-refractivity contribution is 7.99. The summed E-state index contributed by atoms with van der Waals surface area (Å²) in [5.41, 5.74) is 0.164. The maximum Gasteiger partial charge on any atom is 0.131 e. The standard InChI is InChI=1S/C15H25NO2S/c1-12(17)9-13-3-2-6-16(13)14-4-7-18-15(10-14)5-8-19-11-15/h13-14H,2-11H2,1H3. The van der Waals surface area contributed by atoms with E-state index >= 15 is 0 Å². The number of Topliss-reactive ketones (excluding diaryl/α,β-unsaturated/α-hetero) is 1. The molecule has 0 aromatic heterocycles. The summed E-state index contributed by atoms with van der Waals surface area (Å²) in [7, 11) is 0. The average molecular weight is 283 g/mol. The molecular formula is C15H25NO2S. The number of hydrogen-bond acceptors (Lipinski definition) is 4. The molecule has 0 saturated carbocycles. The molecule has 0 aromatic rings. The maximum absolute atomic E-state index is 11.4. The van der Waals surface area contributed by atoms with Gasteiger partial charge in [-0.05, 0) is 51.3 Å². The summed E-state index contributed by atoms with van der Waals surface area (Å²) < 4.78 is 6.12. The molecule has 0 N–H and O–H groups in total. The van der Waals surface area contributed by atoms with E-state index in [2.05, 4.69) is 4.90 Å². The monoisotopic (exact) mass is 283 g/mol. The topological polar surface area (TPSA) is 29.5 Å². The molecule has 3 rings (SSSR count). The van der Waals surface area contributed by atoms with Gasteiger partial charge in [-0.15, -0.1) is 0 Å². The molecule has 0 radical (unpaired) electrons. The molecule has 0 amide bonds. The highest BCUT2D eigenvalue weighted by Crippen LogP contribution is 2.41. The predicted octanol–water partition coefficient (Wildman–Crippen LogP) is 2.48. The Morgan fingerprint density at radius 2 is 2.37 bits per heavy atom. The van der Waals surface area contributed by atoms with Gasteiger partial charge in [-0.1, -0.05) is 0 Å². The van der Waals surface area contributed by atoms with Crippen LogP contribution in [0.4, 0.5) is 0 Å². The Morgan fingerprint density at radius 3 is 3.11 bits per heavy atom. The summed E-state index contributed by atoms with van der Waals surface area (Å²) in [5, 5.41) is 0. The first kappa shape index (κ1) is 13.9. The summed E-state index contributed by atoms with van der Waals surface area (Å²) in [6.45, 7) is 3.83. The van der Waals surface area contributed by atoms with Gasteiger partial charge in [0.25, 0.3) is 0 Å². The lowest BCUT2D eigenvalue weighted by Crippen LogP contribution is -2.50. The Kier molecular flexibility index (Phi) is 4.20. The van der Waals surface area contributed by atoms with Gasteiger partial charge in [-0.25, -0.2) is 0 Å². The Morgan fingerprint density at radius 1 is 1.47 bits per heavy atom. The molecule has 3 aliphatic heterocycles. The van der Waals surface area contributed by atoms with Crippen molar-refractivity contribution in [2.45, 2.75) is 63.1 Å². The van der Waals surface area contributed by atoms with E-state index in [4.69, 9.17) is 4.74 Å². The lowest BCUT2D eigenvalue weighted by atomic mass is 9.88. The number of likely N-dealkylation sites (tertiary alicyclic amines) is 1. The largest absolute Gasteiger partial charge is 0.374 e. The smallest absolute Gasteiger partial charge is 0.131 e. The molecule has 3 saturated heterocycles. The number of carbonyl (C=O) groups is 1. The SMILES string of the molecule is CC(=O)CC1CCCN1C1CCOC2(CCSC2)C1. The lowest BCUT2D eigenvalue weighted by Gasteiger charge is -2.43. The van der Waals surface area contributed by atoms with Crippen LogP contribution in [0.25, 0.3) is 0 Å². The van der Waals surface area contributed by atoms with Crippen LogP contribution in [0, 0.1) is 0 Å². The second-order valence-corrected chi connectivity index (χ2v) is 7.53. The highest BCUT2D eigenvalue weighted by Gasteiger charge is 2.43. The van der Waals surface area contributed by atoms with Crippen LogP contribution in [-0.4, -0.2) is 53.0 Å². The van der Waals surface area contributed by atoms with Crippen molar-refractivity contribution in [2.75, 3.05) is 24.7 Å². The molecule has 0 aromatic carbocycles. The Hall–Kier alpha value is -0.0600. The number of ketones is 1. The molecule has 3 nitrogen and oxygen atoms in total. The van der Waals surface area contributed by atoms with Crippen molar-refractivity contribution in [3.05, 3.63) is 0 Å². The van der Waals surface area contributed by atoms with Crippen LogP contribution >= 0.6 is 11.8 Å². The summed E-state index contributed by atoms with van der Waals surface area (Å²) >= 11 is 2.04.